The zero-order valence-corrected chi connectivity index (χ0v) is 20.6. The molecule has 3 aromatic carbocycles. The normalized spacial score (nSPS) is 11.4. The molecule has 0 spiro atoms. The Kier molecular flexibility index (Phi) is 9.11. The number of halogens is 2. The van der Waals surface area contributed by atoms with Gasteiger partial charge in [-0.2, -0.15) is 0 Å². The number of nitrogens with one attached hydrogen (secondary N) is 1. The standard InChI is InChI=1S/C26H26Cl2N4O3/c1-2-35-24(33)14-23(19-10-20(27)13-21(28)11-19)17-6-3-5-16(9-17)15-31-25(34)18-7-4-8-22(12-18)32-26(29)30/h3-13,23H,2,14-15H2,1H3,(H,31,34)(H4,29,30,32). The lowest BCUT2D eigenvalue weighted by Crippen LogP contribution is -2.23. The highest BCUT2D eigenvalue weighted by Gasteiger charge is 2.21. The van der Waals surface area contributed by atoms with Gasteiger partial charge in [0.25, 0.3) is 5.91 Å². The van der Waals surface area contributed by atoms with E-state index < -0.39 is 0 Å². The summed E-state index contributed by atoms with van der Waals surface area (Å²) >= 11 is 12.4. The number of guanidine groups is 1. The Hall–Kier alpha value is -3.55. The molecule has 1 amide bonds. The number of ether oxygens (including phenoxy) is 1. The number of benzene rings is 3. The van der Waals surface area contributed by atoms with Gasteiger partial charge in [-0.15, -0.1) is 0 Å². The summed E-state index contributed by atoms with van der Waals surface area (Å²) in [5, 5.41) is 3.86. The van der Waals surface area contributed by atoms with Crippen LogP contribution in [0.2, 0.25) is 10.0 Å². The van der Waals surface area contributed by atoms with E-state index in [1.165, 1.54) is 0 Å². The number of rotatable bonds is 9. The minimum atomic E-state index is -0.326. The lowest BCUT2D eigenvalue weighted by Gasteiger charge is -2.19. The van der Waals surface area contributed by atoms with E-state index in [1.807, 2.05) is 24.3 Å². The van der Waals surface area contributed by atoms with Gasteiger partial charge in [0.2, 0.25) is 0 Å². The molecular formula is C26H26Cl2N4O3. The largest absolute Gasteiger partial charge is 0.466 e. The van der Waals surface area contributed by atoms with Crippen molar-refractivity contribution < 1.29 is 14.3 Å². The van der Waals surface area contributed by atoms with Crippen molar-refractivity contribution in [2.24, 2.45) is 16.5 Å². The number of nitrogens with zero attached hydrogens (tertiary/aromatic N) is 1. The number of aliphatic imine (C=N–C) groups is 1. The maximum absolute atomic E-state index is 12.7. The summed E-state index contributed by atoms with van der Waals surface area (Å²) in [6, 6.07) is 19.5. The molecular weight excluding hydrogens is 487 g/mol. The van der Waals surface area contributed by atoms with Crippen molar-refractivity contribution in [1.29, 1.82) is 0 Å². The lowest BCUT2D eigenvalue weighted by molar-refractivity contribution is -0.143. The van der Waals surface area contributed by atoms with E-state index >= 15 is 0 Å². The van der Waals surface area contributed by atoms with Crippen molar-refractivity contribution >= 4 is 46.7 Å². The van der Waals surface area contributed by atoms with Crippen LogP contribution < -0.4 is 16.8 Å². The Morgan fingerprint density at radius 3 is 2.37 bits per heavy atom. The highest BCUT2D eigenvalue weighted by molar-refractivity contribution is 6.34. The summed E-state index contributed by atoms with van der Waals surface area (Å²) in [5.74, 6) is -1.00. The summed E-state index contributed by atoms with van der Waals surface area (Å²) in [6.07, 6.45) is 0.123. The molecule has 3 aromatic rings. The van der Waals surface area contributed by atoms with Crippen LogP contribution in [0.3, 0.4) is 0 Å². The van der Waals surface area contributed by atoms with E-state index in [2.05, 4.69) is 10.3 Å². The van der Waals surface area contributed by atoms with Crippen molar-refractivity contribution in [2.45, 2.75) is 25.8 Å². The maximum atomic E-state index is 12.7. The Labute approximate surface area is 214 Å². The summed E-state index contributed by atoms with van der Waals surface area (Å²) in [6.45, 7) is 2.33. The van der Waals surface area contributed by atoms with Crippen LogP contribution in [0.25, 0.3) is 0 Å². The second kappa shape index (κ2) is 12.2. The van der Waals surface area contributed by atoms with Crippen molar-refractivity contribution in [3.8, 4) is 0 Å². The average molecular weight is 513 g/mol. The van der Waals surface area contributed by atoms with Crippen LogP contribution in [0, 0.1) is 0 Å². The molecule has 0 saturated heterocycles. The van der Waals surface area contributed by atoms with Gasteiger partial charge in [0.15, 0.2) is 5.96 Å². The number of hydrogen-bond donors (Lipinski definition) is 3. The molecule has 5 N–H and O–H groups in total. The molecule has 1 unspecified atom stereocenters. The molecule has 9 heteroatoms. The Balaban J connectivity index is 1.81. The van der Waals surface area contributed by atoms with Gasteiger partial charge in [-0.05, 0) is 60.0 Å². The van der Waals surface area contributed by atoms with Crippen LogP contribution >= 0.6 is 23.2 Å². The average Bonchev–Trinajstić information content (AvgIpc) is 2.80. The monoisotopic (exact) mass is 512 g/mol. The molecule has 7 nitrogen and oxygen atoms in total. The van der Waals surface area contributed by atoms with E-state index in [9.17, 15) is 9.59 Å². The third kappa shape index (κ3) is 7.73. The summed E-state index contributed by atoms with van der Waals surface area (Å²) in [7, 11) is 0. The van der Waals surface area contributed by atoms with E-state index in [4.69, 9.17) is 39.4 Å². The third-order valence-corrected chi connectivity index (χ3v) is 5.57. The minimum Gasteiger partial charge on any atom is -0.466 e. The Morgan fingerprint density at radius 1 is 0.971 bits per heavy atom. The predicted molar refractivity (Wildman–Crippen MR) is 139 cm³/mol. The van der Waals surface area contributed by atoms with E-state index in [-0.39, 0.29) is 43.3 Å². The molecule has 0 radical (unpaired) electrons. The number of esters is 1. The van der Waals surface area contributed by atoms with Gasteiger partial charge in [-0.25, -0.2) is 4.99 Å². The molecule has 35 heavy (non-hydrogen) atoms. The summed E-state index contributed by atoms with van der Waals surface area (Å²) in [4.78, 5) is 29.0. The molecule has 0 heterocycles. The molecule has 0 bridgehead atoms. The number of amides is 1. The molecule has 0 aromatic heterocycles. The van der Waals surface area contributed by atoms with Gasteiger partial charge in [-0.3, -0.25) is 9.59 Å². The van der Waals surface area contributed by atoms with Crippen LogP contribution in [0.4, 0.5) is 5.69 Å². The highest BCUT2D eigenvalue weighted by atomic mass is 35.5. The van der Waals surface area contributed by atoms with Crippen LogP contribution in [-0.2, 0) is 16.1 Å². The second-order valence-corrected chi connectivity index (χ2v) is 8.65. The minimum absolute atomic E-state index is 0.0854. The van der Waals surface area contributed by atoms with Gasteiger partial charge >= 0.3 is 5.97 Å². The van der Waals surface area contributed by atoms with Crippen molar-refractivity contribution in [3.63, 3.8) is 0 Å². The quantitative estimate of drug-likeness (QED) is 0.213. The molecule has 1 atom stereocenters. The topological polar surface area (TPSA) is 120 Å². The molecule has 0 saturated carbocycles. The first kappa shape index (κ1) is 26.1. The first-order chi connectivity index (χ1) is 16.7. The fourth-order valence-corrected chi connectivity index (χ4v) is 4.20. The van der Waals surface area contributed by atoms with Gasteiger partial charge in [0.05, 0.1) is 18.7 Å². The number of hydrogen-bond acceptors (Lipinski definition) is 4. The van der Waals surface area contributed by atoms with Crippen molar-refractivity contribution in [3.05, 3.63) is 99.0 Å². The van der Waals surface area contributed by atoms with E-state index in [0.717, 1.165) is 16.7 Å². The summed E-state index contributed by atoms with van der Waals surface area (Å²) < 4.78 is 5.18. The number of nitrogens with two attached hydrogens (primary N) is 2. The molecule has 182 valence electrons. The Bertz CT molecular complexity index is 1220. The van der Waals surface area contributed by atoms with Crippen LogP contribution in [0.1, 0.15) is 46.3 Å². The third-order valence-electron chi connectivity index (χ3n) is 5.14. The number of carbonyl (C=O) groups is 2. The SMILES string of the molecule is CCOC(=O)CC(c1cc(Cl)cc(Cl)c1)c1cccc(CNC(=O)c2cccc(N=C(N)N)c2)c1. The first-order valence-corrected chi connectivity index (χ1v) is 11.7. The fourth-order valence-electron chi connectivity index (χ4n) is 3.66. The first-order valence-electron chi connectivity index (χ1n) is 10.9. The molecule has 0 aliphatic carbocycles. The zero-order chi connectivity index (χ0) is 25.4. The van der Waals surface area contributed by atoms with Gasteiger partial charge < -0.3 is 21.5 Å². The van der Waals surface area contributed by atoms with Gasteiger partial charge in [0, 0.05) is 28.1 Å². The Morgan fingerprint density at radius 2 is 1.69 bits per heavy atom. The van der Waals surface area contributed by atoms with Crippen LogP contribution in [0.5, 0.6) is 0 Å². The van der Waals surface area contributed by atoms with E-state index in [1.54, 1.807) is 49.4 Å². The second-order valence-electron chi connectivity index (χ2n) is 7.78. The fraction of sp³-hybridized carbons (Fsp3) is 0.192. The van der Waals surface area contributed by atoms with E-state index in [0.29, 0.717) is 21.3 Å². The van der Waals surface area contributed by atoms with Crippen LogP contribution in [0.15, 0.2) is 71.7 Å². The molecule has 0 aliphatic rings. The van der Waals surface area contributed by atoms with Crippen LogP contribution in [-0.4, -0.2) is 24.4 Å². The highest BCUT2D eigenvalue weighted by Crippen LogP contribution is 2.33. The predicted octanol–water partition coefficient (Wildman–Crippen LogP) is 4.91. The van der Waals surface area contributed by atoms with Crippen molar-refractivity contribution in [1.82, 2.24) is 5.32 Å². The molecule has 0 fully saturated rings. The van der Waals surface area contributed by atoms with Crippen molar-refractivity contribution in [2.75, 3.05) is 6.61 Å². The lowest BCUT2D eigenvalue weighted by atomic mass is 9.87. The van der Waals surface area contributed by atoms with Gasteiger partial charge in [0.1, 0.15) is 0 Å². The summed E-state index contributed by atoms with van der Waals surface area (Å²) in [5.41, 5.74) is 14.3. The maximum Gasteiger partial charge on any atom is 0.306 e. The molecule has 3 rings (SSSR count). The van der Waals surface area contributed by atoms with Gasteiger partial charge in [-0.1, -0.05) is 53.5 Å². The smallest absolute Gasteiger partial charge is 0.306 e. The molecule has 0 aliphatic heterocycles. The zero-order valence-electron chi connectivity index (χ0n) is 19.1. The number of carbonyl (C=O) groups excluding carboxylic acids is 2.